The van der Waals surface area contributed by atoms with Crippen molar-refractivity contribution in [2.45, 2.75) is 0 Å². The molecular formula is C8H5BrFNO. The third-order valence-corrected chi connectivity index (χ3v) is 1.94. The monoisotopic (exact) mass is 229 g/mol. The Morgan fingerprint density at radius 1 is 1.58 bits per heavy atom. The Hall–Kier alpha value is -1.08. The van der Waals surface area contributed by atoms with Crippen molar-refractivity contribution in [3.8, 4) is 11.8 Å². The average Bonchev–Trinajstić information content (AvgIpc) is 2.05. The summed E-state index contributed by atoms with van der Waals surface area (Å²) < 4.78 is 16.9. The molecule has 4 heteroatoms. The van der Waals surface area contributed by atoms with Crippen LogP contribution >= 0.6 is 15.9 Å². The first-order valence-corrected chi connectivity index (χ1v) is 3.95. The Kier molecular flexibility index (Phi) is 3.06. The second-order valence-electron chi connectivity index (χ2n) is 2.01. The van der Waals surface area contributed by atoms with Gasteiger partial charge in [-0.2, -0.15) is 5.26 Å². The zero-order valence-corrected chi connectivity index (χ0v) is 7.64. The molecule has 0 bridgehead atoms. The van der Waals surface area contributed by atoms with Crippen LogP contribution in [0.1, 0.15) is 5.56 Å². The van der Waals surface area contributed by atoms with Crippen molar-refractivity contribution in [1.29, 1.82) is 5.26 Å². The summed E-state index contributed by atoms with van der Waals surface area (Å²) in [4.78, 5) is 0. The van der Waals surface area contributed by atoms with Gasteiger partial charge in [-0.25, -0.2) is 4.39 Å². The zero-order valence-electron chi connectivity index (χ0n) is 6.05. The number of benzene rings is 1. The highest BCUT2D eigenvalue weighted by Crippen LogP contribution is 2.22. The van der Waals surface area contributed by atoms with E-state index in [0.717, 1.165) is 0 Å². The summed E-state index contributed by atoms with van der Waals surface area (Å²) in [6.07, 6.45) is 0. The number of nitrogens with zero attached hydrogens (tertiary/aromatic N) is 1. The van der Waals surface area contributed by atoms with E-state index in [1.54, 1.807) is 18.2 Å². The quantitative estimate of drug-likeness (QED) is 0.782. The molecule has 62 valence electrons. The molecule has 0 radical (unpaired) electrons. The lowest BCUT2D eigenvalue weighted by Crippen LogP contribution is -1.90. The Morgan fingerprint density at radius 3 is 2.83 bits per heavy atom. The largest absolute Gasteiger partial charge is 0.463 e. The predicted octanol–water partition coefficient (Wildman–Crippen LogP) is 2.63. The molecule has 0 N–H and O–H groups in total. The second-order valence-corrected chi connectivity index (χ2v) is 2.86. The van der Waals surface area contributed by atoms with Gasteiger partial charge in [0.05, 0.1) is 5.56 Å². The van der Waals surface area contributed by atoms with Gasteiger partial charge < -0.3 is 4.74 Å². The second kappa shape index (κ2) is 4.07. The molecule has 0 amide bonds. The van der Waals surface area contributed by atoms with E-state index in [2.05, 4.69) is 20.7 Å². The fourth-order valence-electron chi connectivity index (χ4n) is 0.739. The van der Waals surface area contributed by atoms with Crippen molar-refractivity contribution < 1.29 is 9.13 Å². The smallest absolute Gasteiger partial charge is 0.228 e. The van der Waals surface area contributed by atoms with Crippen LogP contribution < -0.4 is 4.74 Å². The normalized spacial score (nSPS) is 9.08. The molecule has 0 heterocycles. The lowest BCUT2D eigenvalue weighted by molar-refractivity contribution is 0.191. The summed E-state index contributed by atoms with van der Waals surface area (Å²) in [5.41, 5.74) is 0.501. The molecule has 0 aliphatic carbocycles. The maximum atomic E-state index is 11.7. The van der Waals surface area contributed by atoms with Crippen molar-refractivity contribution in [2.75, 3.05) is 6.86 Å². The molecular weight excluding hydrogens is 225 g/mol. The van der Waals surface area contributed by atoms with Gasteiger partial charge in [0.25, 0.3) is 0 Å². The average molecular weight is 230 g/mol. The van der Waals surface area contributed by atoms with E-state index in [-0.39, 0.29) is 0 Å². The van der Waals surface area contributed by atoms with Gasteiger partial charge in [-0.15, -0.1) is 0 Å². The molecule has 0 fully saturated rings. The molecule has 2 nitrogen and oxygen atoms in total. The SMILES string of the molecule is N#Cc1ccc(OCF)cc1Br. The molecule has 0 spiro atoms. The maximum Gasteiger partial charge on any atom is 0.228 e. The van der Waals surface area contributed by atoms with E-state index in [1.807, 2.05) is 6.07 Å². The van der Waals surface area contributed by atoms with Crippen LogP contribution in [0.15, 0.2) is 22.7 Å². The topological polar surface area (TPSA) is 33.0 Å². The standard InChI is InChI=1S/C8H5BrFNO/c9-8-3-7(12-5-10)2-1-6(8)4-11/h1-3H,5H2. The van der Waals surface area contributed by atoms with E-state index < -0.39 is 6.86 Å². The van der Waals surface area contributed by atoms with E-state index in [4.69, 9.17) is 5.26 Å². The number of alkyl halides is 1. The lowest BCUT2D eigenvalue weighted by atomic mass is 10.2. The van der Waals surface area contributed by atoms with Gasteiger partial charge in [-0.1, -0.05) is 0 Å². The minimum Gasteiger partial charge on any atom is -0.463 e. The zero-order chi connectivity index (χ0) is 8.97. The Morgan fingerprint density at radius 2 is 2.33 bits per heavy atom. The Labute approximate surface area is 77.7 Å². The van der Waals surface area contributed by atoms with E-state index in [9.17, 15) is 4.39 Å². The molecule has 1 aromatic rings. The van der Waals surface area contributed by atoms with Crippen LogP contribution in [0.4, 0.5) is 4.39 Å². The number of rotatable bonds is 2. The summed E-state index contributed by atoms with van der Waals surface area (Å²) in [5, 5.41) is 8.54. The lowest BCUT2D eigenvalue weighted by Gasteiger charge is -2.01. The molecule has 12 heavy (non-hydrogen) atoms. The van der Waals surface area contributed by atoms with Crippen molar-refractivity contribution >= 4 is 15.9 Å². The van der Waals surface area contributed by atoms with Crippen LogP contribution in [-0.4, -0.2) is 6.86 Å². The highest BCUT2D eigenvalue weighted by atomic mass is 79.9. The van der Waals surface area contributed by atoms with Crippen LogP contribution in [0, 0.1) is 11.3 Å². The van der Waals surface area contributed by atoms with Crippen LogP contribution in [-0.2, 0) is 0 Å². The minimum atomic E-state index is -0.863. The fraction of sp³-hybridized carbons (Fsp3) is 0.125. The van der Waals surface area contributed by atoms with Gasteiger partial charge in [-0.05, 0) is 34.1 Å². The molecule has 0 aromatic heterocycles. The minimum absolute atomic E-state index is 0.406. The van der Waals surface area contributed by atoms with Gasteiger partial charge in [0.15, 0.2) is 0 Å². The predicted molar refractivity (Wildman–Crippen MR) is 45.5 cm³/mol. The summed E-state index contributed by atoms with van der Waals surface area (Å²) in [6, 6.07) is 6.63. The number of hydrogen-bond acceptors (Lipinski definition) is 2. The molecule has 0 saturated carbocycles. The van der Waals surface area contributed by atoms with Crippen LogP contribution in [0.3, 0.4) is 0 Å². The third-order valence-electron chi connectivity index (χ3n) is 1.28. The Balaban J connectivity index is 2.96. The molecule has 0 aliphatic heterocycles. The van der Waals surface area contributed by atoms with Gasteiger partial charge in [-0.3, -0.25) is 0 Å². The first kappa shape index (κ1) is 9.01. The molecule has 0 unspecified atom stereocenters. The Bertz CT molecular complexity index is 321. The number of nitriles is 1. The number of halogens is 2. The van der Waals surface area contributed by atoms with Crippen molar-refractivity contribution in [1.82, 2.24) is 0 Å². The molecule has 1 rings (SSSR count). The van der Waals surface area contributed by atoms with Gasteiger partial charge >= 0.3 is 0 Å². The number of hydrogen-bond donors (Lipinski definition) is 0. The van der Waals surface area contributed by atoms with Crippen LogP contribution in [0.5, 0.6) is 5.75 Å². The van der Waals surface area contributed by atoms with Crippen LogP contribution in [0.2, 0.25) is 0 Å². The maximum absolute atomic E-state index is 11.7. The van der Waals surface area contributed by atoms with E-state index >= 15 is 0 Å². The van der Waals surface area contributed by atoms with Crippen LogP contribution in [0.25, 0.3) is 0 Å². The number of ether oxygens (including phenoxy) is 1. The van der Waals surface area contributed by atoms with E-state index in [0.29, 0.717) is 15.8 Å². The summed E-state index contributed by atoms with van der Waals surface area (Å²) >= 11 is 3.15. The van der Waals surface area contributed by atoms with Crippen molar-refractivity contribution in [2.24, 2.45) is 0 Å². The summed E-state index contributed by atoms with van der Waals surface area (Å²) in [5.74, 6) is 0.406. The fourth-order valence-corrected chi connectivity index (χ4v) is 1.19. The van der Waals surface area contributed by atoms with Gasteiger partial charge in [0, 0.05) is 4.47 Å². The highest BCUT2D eigenvalue weighted by molar-refractivity contribution is 9.10. The molecule has 0 atom stereocenters. The molecule has 0 aliphatic rings. The highest BCUT2D eigenvalue weighted by Gasteiger charge is 2.00. The van der Waals surface area contributed by atoms with Gasteiger partial charge in [0.2, 0.25) is 6.86 Å². The van der Waals surface area contributed by atoms with Gasteiger partial charge in [0.1, 0.15) is 11.8 Å². The summed E-state index contributed by atoms with van der Waals surface area (Å²) in [7, 11) is 0. The van der Waals surface area contributed by atoms with Crippen molar-refractivity contribution in [3.63, 3.8) is 0 Å². The first-order valence-electron chi connectivity index (χ1n) is 3.16. The molecule has 0 saturated heterocycles. The molecule has 1 aromatic carbocycles. The summed E-state index contributed by atoms with van der Waals surface area (Å²) in [6.45, 7) is -0.863. The van der Waals surface area contributed by atoms with Crippen molar-refractivity contribution in [3.05, 3.63) is 28.2 Å². The first-order chi connectivity index (χ1) is 5.77. The third kappa shape index (κ3) is 1.95. The van der Waals surface area contributed by atoms with E-state index in [1.165, 1.54) is 0 Å².